The summed E-state index contributed by atoms with van der Waals surface area (Å²) >= 11 is 0. The minimum Gasteiger partial charge on any atom is -0.488 e. The van der Waals surface area contributed by atoms with Crippen molar-refractivity contribution >= 4 is 39.7 Å². The zero-order valence-electron chi connectivity index (χ0n) is 29.4. The van der Waals surface area contributed by atoms with Crippen molar-refractivity contribution in [1.82, 2.24) is 44.2 Å². The van der Waals surface area contributed by atoms with E-state index in [-0.39, 0.29) is 18.1 Å². The smallest absolute Gasteiger partial charge is 0.245 e. The summed E-state index contributed by atoms with van der Waals surface area (Å²) in [6.07, 6.45) is 6.63. The molecule has 1 amide bonds. The number of hydrogen-bond donors (Lipinski definition) is 1. The molecule has 4 bridgehead atoms. The molecule has 272 valence electrons. The molecule has 1 aliphatic carbocycles. The molecule has 1 N–H and O–H groups in total. The van der Waals surface area contributed by atoms with E-state index in [1.54, 1.807) is 41.2 Å². The first-order valence-corrected chi connectivity index (χ1v) is 17.8. The number of nitrogens with zero attached hydrogens (tertiary/aromatic N) is 10. The minimum atomic E-state index is -0.623. The monoisotopic (exact) mass is 721 g/mol. The number of nitrogens with one attached hydrogen (secondary N) is 1. The van der Waals surface area contributed by atoms with Crippen molar-refractivity contribution in [2.75, 3.05) is 37.0 Å². The van der Waals surface area contributed by atoms with Crippen LogP contribution in [-0.4, -0.2) is 101 Å². The molecule has 16 heteroatoms. The molecule has 2 fully saturated rings. The third-order valence-electron chi connectivity index (χ3n) is 10.1. The van der Waals surface area contributed by atoms with Gasteiger partial charge in [-0.05, 0) is 57.4 Å². The molecule has 3 aliphatic rings. The Labute approximate surface area is 302 Å². The molecule has 0 radical (unpaired) electrons. The largest absolute Gasteiger partial charge is 0.488 e. The predicted octanol–water partition coefficient (Wildman–Crippen LogP) is 4.69. The third-order valence-corrected chi connectivity index (χ3v) is 10.1. The summed E-state index contributed by atoms with van der Waals surface area (Å²) < 4.78 is 45.3. The fourth-order valence-corrected chi connectivity index (χ4v) is 7.55. The lowest BCUT2D eigenvalue weighted by Crippen LogP contribution is -2.47. The van der Waals surface area contributed by atoms with Crippen LogP contribution in [-0.2, 0) is 16.1 Å². The highest BCUT2D eigenvalue weighted by molar-refractivity contribution is 5.94. The molecule has 6 heterocycles. The number of fused-ring (bicyclic) bond motifs is 6. The standard InChI is InChI=1S/C37H37F2N11O3/c1-4-52-25-17-47(3)36(51)31-14-23(45-37-40-10-9-28(46-37)26-11-22(39)12-29-33(26)48(18-25)20(2)44-29)16-49(31)34-27-15-43-50(35(27)42-19-41-34)30-8-5-21(38)13-32(30)53-24-6-7-24/h5,8-13,15,19,23-25,31H,4,6-7,14,16-18H2,1-3H3,(H,40,45,46)/t23-,25-,31-/m0/s1. The van der Waals surface area contributed by atoms with Crippen molar-refractivity contribution in [3.05, 3.63) is 72.6 Å². The van der Waals surface area contributed by atoms with Crippen LogP contribution in [0.4, 0.5) is 20.5 Å². The van der Waals surface area contributed by atoms with Crippen molar-refractivity contribution in [2.45, 2.75) is 63.9 Å². The number of benzene rings is 2. The van der Waals surface area contributed by atoms with Crippen LogP contribution in [0.3, 0.4) is 0 Å². The Balaban J connectivity index is 1.13. The third kappa shape index (κ3) is 6.05. The SMILES string of the molecule is CCO[C@H]1CN(C)C(=O)[C@@H]2C[C@@H](CN2c2ncnc3c2cnn3-c2ccc(F)cc2OC2CC2)Nc2nccc(n2)-c2cc(F)cc3nc(C)n(c23)C1. The first-order valence-electron chi connectivity index (χ1n) is 17.8. The number of ether oxygens (including phenoxy) is 2. The molecule has 6 aromatic rings. The second-order valence-corrected chi connectivity index (χ2v) is 13.8. The van der Waals surface area contributed by atoms with Gasteiger partial charge < -0.3 is 29.2 Å². The Bertz CT molecular complexity index is 2380. The molecule has 14 nitrogen and oxygen atoms in total. The number of rotatable bonds is 6. The van der Waals surface area contributed by atoms with Gasteiger partial charge in [0.2, 0.25) is 11.9 Å². The van der Waals surface area contributed by atoms with Crippen molar-refractivity contribution < 1.29 is 23.0 Å². The van der Waals surface area contributed by atoms with Crippen LogP contribution >= 0.6 is 0 Å². The van der Waals surface area contributed by atoms with Crippen LogP contribution in [0.25, 0.3) is 39.0 Å². The highest BCUT2D eigenvalue weighted by Gasteiger charge is 2.41. The number of anilines is 2. The predicted molar refractivity (Wildman–Crippen MR) is 192 cm³/mol. The van der Waals surface area contributed by atoms with Crippen LogP contribution < -0.4 is 15.0 Å². The lowest BCUT2D eigenvalue weighted by atomic mass is 10.1. The Hall–Kier alpha value is -5.77. The average Bonchev–Trinajstić information content (AvgIpc) is 3.55. The Morgan fingerprint density at radius 2 is 1.85 bits per heavy atom. The van der Waals surface area contributed by atoms with E-state index in [9.17, 15) is 9.18 Å². The highest BCUT2D eigenvalue weighted by Crippen LogP contribution is 2.36. The second-order valence-electron chi connectivity index (χ2n) is 13.8. The summed E-state index contributed by atoms with van der Waals surface area (Å²) in [7, 11) is 1.78. The molecule has 0 unspecified atom stereocenters. The van der Waals surface area contributed by atoms with E-state index in [0.29, 0.717) is 89.5 Å². The maximum atomic E-state index is 15.0. The summed E-state index contributed by atoms with van der Waals surface area (Å²) in [6, 6.07) is 8.10. The summed E-state index contributed by atoms with van der Waals surface area (Å²) in [5.74, 6) is 1.00. The molecule has 1 saturated heterocycles. The fourth-order valence-electron chi connectivity index (χ4n) is 7.55. The summed E-state index contributed by atoms with van der Waals surface area (Å²) in [5, 5.41) is 8.71. The van der Waals surface area contributed by atoms with Crippen molar-refractivity contribution in [1.29, 1.82) is 0 Å². The topological polar surface area (TPSA) is 141 Å². The molecular weight excluding hydrogens is 684 g/mol. The second kappa shape index (κ2) is 13.0. The average molecular weight is 722 g/mol. The van der Waals surface area contributed by atoms with E-state index in [1.165, 1.54) is 30.6 Å². The number of carbonyl (C=O) groups excluding carboxylic acids is 1. The summed E-state index contributed by atoms with van der Waals surface area (Å²) in [6.45, 7) is 5.28. The van der Waals surface area contributed by atoms with Gasteiger partial charge in [-0.15, -0.1) is 0 Å². The van der Waals surface area contributed by atoms with Crippen LogP contribution in [0, 0.1) is 18.6 Å². The Morgan fingerprint density at radius 3 is 2.68 bits per heavy atom. The van der Waals surface area contributed by atoms with E-state index < -0.39 is 23.8 Å². The maximum absolute atomic E-state index is 15.0. The lowest BCUT2D eigenvalue weighted by Gasteiger charge is -2.31. The van der Waals surface area contributed by atoms with Crippen molar-refractivity contribution in [3.8, 4) is 22.7 Å². The Kier molecular flexibility index (Phi) is 8.13. The normalized spacial score (nSPS) is 20.5. The summed E-state index contributed by atoms with van der Waals surface area (Å²) in [5.41, 5.74) is 3.40. The Morgan fingerprint density at radius 1 is 0.981 bits per heavy atom. The number of imidazole rings is 1. The van der Waals surface area contributed by atoms with Gasteiger partial charge >= 0.3 is 0 Å². The van der Waals surface area contributed by atoms with Gasteiger partial charge in [-0.25, -0.2) is 38.4 Å². The molecule has 0 spiro atoms. The number of amides is 1. The number of carbonyl (C=O) groups is 1. The van der Waals surface area contributed by atoms with Gasteiger partial charge in [-0.3, -0.25) is 4.79 Å². The van der Waals surface area contributed by atoms with E-state index >= 15 is 4.39 Å². The molecule has 3 atom stereocenters. The molecule has 1 saturated carbocycles. The quantitative estimate of drug-likeness (QED) is 0.256. The van der Waals surface area contributed by atoms with Crippen LogP contribution in [0.15, 0.2) is 55.1 Å². The fraction of sp³-hybridized carbons (Fsp3) is 0.378. The van der Waals surface area contributed by atoms with E-state index in [1.807, 2.05) is 23.3 Å². The van der Waals surface area contributed by atoms with Crippen LogP contribution in [0.2, 0.25) is 0 Å². The number of hydrogen-bond acceptors (Lipinski definition) is 11. The van der Waals surface area contributed by atoms with Gasteiger partial charge in [0.15, 0.2) is 5.65 Å². The van der Waals surface area contributed by atoms with E-state index in [2.05, 4.69) is 25.4 Å². The lowest BCUT2D eigenvalue weighted by molar-refractivity contribution is -0.133. The van der Waals surface area contributed by atoms with Gasteiger partial charge in [-0.1, -0.05) is 0 Å². The van der Waals surface area contributed by atoms with E-state index in [0.717, 1.165) is 18.4 Å². The molecule has 4 aromatic heterocycles. The van der Waals surface area contributed by atoms with Crippen LogP contribution in [0.1, 0.15) is 32.0 Å². The number of aromatic nitrogens is 8. The number of likely N-dealkylation sites (N-methyl/N-ethyl adjacent to an activating group) is 1. The zero-order valence-corrected chi connectivity index (χ0v) is 29.4. The molecule has 2 aliphatic heterocycles. The van der Waals surface area contributed by atoms with Crippen molar-refractivity contribution in [2.24, 2.45) is 0 Å². The van der Waals surface area contributed by atoms with E-state index in [4.69, 9.17) is 19.4 Å². The first kappa shape index (κ1) is 33.1. The minimum absolute atomic E-state index is 0.0438. The van der Waals surface area contributed by atoms with Gasteiger partial charge in [0.1, 0.15) is 47.1 Å². The number of aryl methyl sites for hydroxylation is 1. The molecule has 9 rings (SSSR count). The zero-order chi connectivity index (χ0) is 36.4. The summed E-state index contributed by atoms with van der Waals surface area (Å²) in [4.78, 5) is 41.5. The first-order chi connectivity index (χ1) is 25.7. The maximum Gasteiger partial charge on any atom is 0.245 e. The highest BCUT2D eigenvalue weighted by atomic mass is 19.1. The van der Waals surface area contributed by atoms with Gasteiger partial charge in [0, 0.05) is 56.7 Å². The molecule has 2 aromatic carbocycles. The molecular formula is C37H37F2N11O3. The van der Waals surface area contributed by atoms with Gasteiger partial charge in [0.05, 0.1) is 47.1 Å². The van der Waals surface area contributed by atoms with Crippen LogP contribution in [0.5, 0.6) is 5.75 Å². The van der Waals surface area contributed by atoms with Crippen molar-refractivity contribution in [3.63, 3.8) is 0 Å². The van der Waals surface area contributed by atoms with Gasteiger partial charge in [0.25, 0.3) is 0 Å². The molecule has 53 heavy (non-hydrogen) atoms. The van der Waals surface area contributed by atoms with Gasteiger partial charge in [-0.2, -0.15) is 5.10 Å². The number of halogens is 2.